The van der Waals surface area contributed by atoms with Crippen molar-refractivity contribution < 1.29 is 57.4 Å². The van der Waals surface area contributed by atoms with E-state index in [1.54, 1.807) is 7.05 Å². The fourth-order valence-corrected chi connectivity index (χ4v) is 2.50. The van der Waals surface area contributed by atoms with Gasteiger partial charge in [-0.05, 0) is 20.4 Å². The number of ether oxygens (including phenoxy) is 7. The number of nitrogens with one attached hydrogen (secondary N) is 1. The number of carboxylic acid groups (broad SMARTS) is 1. The van der Waals surface area contributed by atoms with Crippen LogP contribution in [0.25, 0.3) is 0 Å². The van der Waals surface area contributed by atoms with E-state index in [1.807, 2.05) is 0 Å². The number of likely N-dealkylation sites (N-methyl/N-ethyl adjacent to an activating group) is 1. The Morgan fingerprint density at radius 2 is 1.06 bits per heavy atom. The second-order valence-electron chi connectivity index (χ2n) is 7.43. The third kappa shape index (κ3) is 23.6. The Kier molecular flexibility index (Phi) is 23.1. The molecule has 0 saturated carbocycles. The highest BCUT2D eigenvalue weighted by Crippen LogP contribution is 2.00. The quantitative estimate of drug-likeness (QED) is 0.115. The SMILES string of the molecule is CNC(CCC(=O)O)C(=O)OCCOCCOCCOCCOCCOCCOC(=O)CCC(C)=O. The first-order chi connectivity index (χ1) is 17.4. The number of Topliss-reactive ketones (excluding diaryl/α,β-unsaturated/α-hetero) is 1. The van der Waals surface area contributed by atoms with Gasteiger partial charge in [0.25, 0.3) is 0 Å². The van der Waals surface area contributed by atoms with Gasteiger partial charge in [-0.3, -0.25) is 14.4 Å². The molecular weight excluding hydrogens is 482 g/mol. The molecule has 36 heavy (non-hydrogen) atoms. The standard InChI is InChI=1S/C23H41NO12/c1-19(25)3-6-22(28)35-17-15-33-13-11-31-9-7-30-8-10-32-12-14-34-16-18-36-23(29)20(24-2)4-5-21(26)27/h20,24H,3-18H2,1-2H3,(H,26,27). The van der Waals surface area contributed by atoms with Crippen LogP contribution in [-0.2, 0) is 52.3 Å². The highest BCUT2D eigenvalue weighted by Gasteiger charge is 2.18. The lowest BCUT2D eigenvalue weighted by atomic mass is 10.1. The molecule has 0 rings (SSSR count). The summed E-state index contributed by atoms with van der Waals surface area (Å²) in [6.07, 6.45) is 0.322. The average Bonchev–Trinajstić information content (AvgIpc) is 2.84. The number of rotatable bonds is 26. The minimum Gasteiger partial charge on any atom is -0.481 e. The normalized spacial score (nSPS) is 11.7. The van der Waals surface area contributed by atoms with Crippen molar-refractivity contribution in [2.24, 2.45) is 0 Å². The molecule has 13 heteroatoms. The van der Waals surface area contributed by atoms with Gasteiger partial charge < -0.3 is 48.4 Å². The zero-order valence-corrected chi connectivity index (χ0v) is 21.3. The Bertz CT molecular complexity index is 602. The Balaban J connectivity index is 3.30. The summed E-state index contributed by atoms with van der Waals surface area (Å²) in [4.78, 5) is 44.4. The number of hydrogen-bond donors (Lipinski definition) is 2. The van der Waals surface area contributed by atoms with Crippen molar-refractivity contribution >= 4 is 23.7 Å². The minimum absolute atomic E-state index is 0.0477. The van der Waals surface area contributed by atoms with E-state index in [2.05, 4.69) is 5.32 Å². The van der Waals surface area contributed by atoms with Crippen LogP contribution in [-0.4, -0.2) is 121 Å². The smallest absolute Gasteiger partial charge is 0.323 e. The first kappa shape index (κ1) is 33.8. The zero-order valence-electron chi connectivity index (χ0n) is 21.3. The zero-order chi connectivity index (χ0) is 26.9. The van der Waals surface area contributed by atoms with E-state index in [9.17, 15) is 19.2 Å². The van der Waals surface area contributed by atoms with Gasteiger partial charge in [0.05, 0.1) is 72.5 Å². The molecule has 0 bridgehead atoms. The van der Waals surface area contributed by atoms with Crippen molar-refractivity contribution in [3.8, 4) is 0 Å². The van der Waals surface area contributed by atoms with E-state index in [1.165, 1.54) is 6.92 Å². The van der Waals surface area contributed by atoms with Crippen LogP contribution in [0.4, 0.5) is 0 Å². The maximum absolute atomic E-state index is 11.8. The fraction of sp³-hybridized carbons (Fsp3) is 0.826. The van der Waals surface area contributed by atoms with Crippen LogP contribution in [0.5, 0.6) is 0 Å². The molecule has 0 heterocycles. The molecule has 1 unspecified atom stereocenters. The number of carboxylic acids is 1. The van der Waals surface area contributed by atoms with Gasteiger partial charge in [-0.1, -0.05) is 0 Å². The molecule has 0 amide bonds. The first-order valence-electron chi connectivity index (χ1n) is 12.0. The van der Waals surface area contributed by atoms with Gasteiger partial charge in [0.2, 0.25) is 0 Å². The van der Waals surface area contributed by atoms with Gasteiger partial charge in [0, 0.05) is 12.8 Å². The molecule has 0 saturated heterocycles. The number of carbonyl (C=O) groups is 4. The molecule has 0 radical (unpaired) electrons. The van der Waals surface area contributed by atoms with Crippen molar-refractivity contribution in [3.63, 3.8) is 0 Å². The van der Waals surface area contributed by atoms with Crippen LogP contribution >= 0.6 is 0 Å². The van der Waals surface area contributed by atoms with E-state index in [0.717, 1.165) is 0 Å². The van der Waals surface area contributed by atoms with Crippen LogP contribution in [0.3, 0.4) is 0 Å². The molecule has 2 N–H and O–H groups in total. The highest BCUT2D eigenvalue weighted by atomic mass is 16.6. The Hall–Kier alpha value is -2.16. The first-order valence-corrected chi connectivity index (χ1v) is 12.0. The third-order valence-electron chi connectivity index (χ3n) is 4.41. The Morgan fingerprint density at radius 1 is 0.639 bits per heavy atom. The summed E-state index contributed by atoms with van der Waals surface area (Å²) in [5.41, 5.74) is 0. The largest absolute Gasteiger partial charge is 0.481 e. The third-order valence-corrected chi connectivity index (χ3v) is 4.41. The van der Waals surface area contributed by atoms with E-state index in [4.69, 9.17) is 38.3 Å². The number of esters is 2. The highest BCUT2D eigenvalue weighted by molar-refractivity contribution is 5.81. The van der Waals surface area contributed by atoms with Crippen molar-refractivity contribution in [2.45, 2.75) is 38.6 Å². The second-order valence-corrected chi connectivity index (χ2v) is 7.43. The molecule has 0 aromatic heterocycles. The Labute approximate surface area is 212 Å². The number of ketones is 1. The molecule has 210 valence electrons. The lowest BCUT2D eigenvalue weighted by molar-refractivity contribution is -0.148. The maximum Gasteiger partial charge on any atom is 0.323 e. The summed E-state index contributed by atoms with van der Waals surface area (Å²) < 4.78 is 36.6. The van der Waals surface area contributed by atoms with Crippen molar-refractivity contribution in [1.82, 2.24) is 5.32 Å². The van der Waals surface area contributed by atoms with Gasteiger partial charge in [-0.2, -0.15) is 0 Å². The molecule has 0 aliphatic rings. The van der Waals surface area contributed by atoms with Crippen molar-refractivity contribution in [3.05, 3.63) is 0 Å². The molecule has 0 aliphatic heterocycles. The molecule has 0 fully saturated rings. The molecule has 0 aliphatic carbocycles. The van der Waals surface area contributed by atoms with Crippen LogP contribution in [0.2, 0.25) is 0 Å². The molecule has 0 spiro atoms. The monoisotopic (exact) mass is 523 g/mol. The van der Waals surface area contributed by atoms with Crippen LogP contribution in [0, 0.1) is 0 Å². The van der Waals surface area contributed by atoms with E-state index < -0.39 is 23.9 Å². The summed E-state index contributed by atoms with van der Waals surface area (Å²) in [6.45, 7) is 5.25. The van der Waals surface area contributed by atoms with Crippen LogP contribution in [0.15, 0.2) is 0 Å². The van der Waals surface area contributed by atoms with E-state index in [0.29, 0.717) is 52.9 Å². The summed E-state index contributed by atoms with van der Waals surface area (Å²) in [5.74, 6) is -1.93. The summed E-state index contributed by atoms with van der Waals surface area (Å²) in [7, 11) is 1.57. The van der Waals surface area contributed by atoms with Gasteiger partial charge in [0.1, 0.15) is 25.0 Å². The molecular formula is C23H41NO12. The predicted octanol–water partition coefficient (Wildman–Crippen LogP) is -0.0222. The van der Waals surface area contributed by atoms with Crippen LogP contribution in [0.1, 0.15) is 32.6 Å². The van der Waals surface area contributed by atoms with Gasteiger partial charge in [-0.25, -0.2) is 0 Å². The fourth-order valence-electron chi connectivity index (χ4n) is 2.50. The summed E-state index contributed by atoms with van der Waals surface area (Å²) in [5, 5.41) is 11.4. The molecule has 0 aromatic rings. The molecule has 0 aromatic carbocycles. The summed E-state index contributed by atoms with van der Waals surface area (Å²) in [6, 6.07) is -0.656. The Morgan fingerprint density at radius 3 is 1.44 bits per heavy atom. The van der Waals surface area contributed by atoms with Crippen molar-refractivity contribution in [2.75, 3.05) is 86.3 Å². The van der Waals surface area contributed by atoms with Crippen molar-refractivity contribution in [1.29, 1.82) is 0 Å². The number of aliphatic carboxylic acids is 1. The van der Waals surface area contributed by atoms with E-state index >= 15 is 0 Å². The van der Waals surface area contributed by atoms with Gasteiger partial charge >= 0.3 is 17.9 Å². The van der Waals surface area contributed by atoms with Crippen LogP contribution < -0.4 is 5.32 Å². The number of hydrogen-bond acceptors (Lipinski definition) is 12. The minimum atomic E-state index is -0.968. The maximum atomic E-state index is 11.8. The predicted molar refractivity (Wildman–Crippen MR) is 126 cm³/mol. The van der Waals surface area contributed by atoms with Gasteiger partial charge in [-0.15, -0.1) is 0 Å². The average molecular weight is 524 g/mol. The lowest BCUT2D eigenvalue weighted by Crippen LogP contribution is -2.36. The van der Waals surface area contributed by atoms with E-state index in [-0.39, 0.29) is 57.9 Å². The summed E-state index contributed by atoms with van der Waals surface area (Å²) >= 11 is 0. The second kappa shape index (κ2) is 24.5. The molecule has 1 atom stereocenters. The van der Waals surface area contributed by atoms with Gasteiger partial charge in [0.15, 0.2) is 0 Å². The molecule has 13 nitrogen and oxygen atoms in total. The number of carbonyl (C=O) groups excluding carboxylic acids is 3. The lowest BCUT2D eigenvalue weighted by Gasteiger charge is -2.14. The topological polar surface area (TPSA) is 165 Å².